The first-order valence-electron chi connectivity index (χ1n) is 9.00. The highest BCUT2D eigenvalue weighted by atomic mass is 16.5. The van der Waals surface area contributed by atoms with Crippen LogP contribution in [0.4, 0.5) is 17.1 Å². The highest BCUT2D eigenvalue weighted by Gasteiger charge is 2.17. The third-order valence-corrected chi connectivity index (χ3v) is 4.32. The number of amidine groups is 1. The summed E-state index contributed by atoms with van der Waals surface area (Å²) in [4.78, 5) is 15.1. The number of hydrogen-bond donors (Lipinski definition) is 4. The molecule has 0 atom stereocenters. The maximum Gasteiger partial charge on any atom is 0.257 e. The summed E-state index contributed by atoms with van der Waals surface area (Å²) in [6.07, 6.45) is 0. The first-order chi connectivity index (χ1) is 14.1. The quantitative estimate of drug-likeness (QED) is 0.337. The molecule has 5 N–H and O–H groups in total. The van der Waals surface area contributed by atoms with E-state index in [9.17, 15) is 4.79 Å². The summed E-state index contributed by atoms with van der Waals surface area (Å²) in [5.41, 5.74) is 10.0. The molecule has 3 rings (SSSR count). The molecule has 0 radical (unpaired) electrons. The summed E-state index contributed by atoms with van der Waals surface area (Å²) in [6, 6.07) is 16.1. The third kappa shape index (κ3) is 4.88. The van der Waals surface area contributed by atoms with Gasteiger partial charge in [-0.1, -0.05) is 24.3 Å². The summed E-state index contributed by atoms with van der Waals surface area (Å²) < 4.78 is 5.40. The zero-order valence-corrected chi connectivity index (χ0v) is 15.7. The molecule has 1 saturated heterocycles. The second-order valence-electron chi connectivity index (χ2n) is 6.21. The van der Waals surface area contributed by atoms with Gasteiger partial charge in [-0.3, -0.25) is 15.6 Å². The number of carbonyl (C=O) groups is 1. The lowest BCUT2D eigenvalue weighted by Gasteiger charge is -2.30. The standard InChI is InChI=1S/C20H21N7O2/c21-13-17(19(22)23)26-25-15-6-2-1-5-14(15)20(28)24-16-7-3-4-8-18(16)27-9-11-29-12-10-27/h1-8,25H,9-12H2,(H3,22,23)(H,24,28)/b26-17+. The maximum absolute atomic E-state index is 12.9. The summed E-state index contributed by atoms with van der Waals surface area (Å²) in [7, 11) is 0. The molecule has 1 fully saturated rings. The molecule has 0 bridgehead atoms. The fourth-order valence-electron chi connectivity index (χ4n) is 2.89. The minimum absolute atomic E-state index is 0.266. The number of amides is 1. The summed E-state index contributed by atoms with van der Waals surface area (Å²) in [5, 5.41) is 23.0. The lowest BCUT2D eigenvalue weighted by atomic mass is 10.1. The Morgan fingerprint density at radius 2 is 1.79 bits per heavy atom. The molecule has 1 aliphatic heterocycles. The smallest absolute Gasteiger partial charge is 0.257 e. The fourth-order valence-corrected chi connectivity index (χ4v) is 2.89. The van der Waals surface area contributed by atoms with Crippen LogP contribution in [0.1, 0.15) is 10.4 Å². The van der Waals surface area contributed by atoms with Gasteiger partial charge in [-0.2, -0.15) is 10.4 Å². The van der Waals surface area contributed by atoms with E-state index >= 15 is 0 Å². The van der Waals surface area contributed by atoms with Crippen molar-refractivity contribution in [1.29, 1.82) is 10.7 Å². The van der Waals surface area contributed by atoms with Crippen LogP contribution in [0.25, 0.3) is 0 Å². The number of hydrazone groups is 1. The van der Waals surface area contributed by atoms with Crippen LogP contribution >= 0.6 is 0 Å². The van der Waals surface area contributed by atoms with Gasteiger partial charge in [0.05, 0.1) is 35.8 Å². The van der Waals surface area contributed by atoms with Gasteiger partial charge in [0.1, 0.15) is 6.07 Å². The molecule has 0 aliphatic carbocycles. The number of carbonyl (C=O) groups excluding carboxylic acids is 1. The Morgan fingerprint density at radius 1 is 1.14 bits per heavy atom. The van der Waals surface area contributed by atoms with Gasteiger partial charge in [-0.25, -0.2) is 0 Å². The molecule has 0 spiro atoms. The Hall–Kier alpha value is -3.90. The average molecular weight is 391 g/mol. The van der Waals surface area contributed by atoms with Crippen LogP contribution in [0.3, 0.4) is 0 Å². The zero-order valence-electron chi connectivity index (χ0n) is 15.7. The first kappa shape index (κ1) is 19.9. The zero-order chi connectivity index (χ0) is 20.6. The van der Waals surface area contributed by atoms with Crippen molar-refractivity contribution in [2.75, 3.05) is 41.9 Å². The Kier molecular flexibility index (Phi) is 6.40. The normalized spacial score (nSPS) is 14.0. The molecule has 0 aromatic heterocycles. The van der Waals surface area contributed by atoms with Gasteiger partial charge in [0, 0.05) is 13.1 Å². The Morgan fingerprint density at radius 3 is 2.48 bits per heavy atom. The van der Waals surface area contributed by atoms with E-state index in [0.717, 1.165) is 18.8 Å². The van der Waals surface area contributed by atoms with Crippen molar-refractivity contribution >= 4 is 34.5 Å². The highest BCUT2D eigenvalue weighted by molar-refractivity contribution is 6.45. The van der Waals surface area contributed by atoms with Crippen molar-refractivity contribution in [3.05, 3.63) is 54.1 Å². The Labute approximate surface area is 168 Å². The van der Waals surface area contributed by atoms with E-state index in [1.54, 1.807) is 30.3 Å². The molecule has 2 aromatic carbocycles. The minimum atomic E-state index is -0.457. The second-order valence-corrected chi connectivity index (χ2v) is 6.21. The largest absolute Gasteiger partial charge is 0.382 e. The van der Waals surface area contributed by atoms with Crippen LogP contribution in [0, 0.1) is 16.7 Å². The maximum atomic E-state index is 12.9. The van der Waals surface area contributed by atoms with Gasteiger partial charge in [-0.15, -0.1) is 0 Å². The number of benzene rings is 2. The van der Waals surface area contributed by atoms with E-state index in [4.69, 9.17) is 21.1 Å². The van der Waals surface area contributed by atoms with E-state index in [0.29, 0.717) is 30.2 Å². The SMILES string of the molecule is N#C/C(=N\Nc1ccccc1C(=O)Nc1ccccc1N1CCOCC1)C(=N)N. The number of hydrogen-bond acceptors (Lipinski definition) is 7. The summed E-state index contributed by atoms with van der Waals surface area (Å²) >= 11 is 0. The van der Waals surface area contributed by atoms with Gasteiger partial charge in [0.25, 0.3) is 5.91 Å². The van der Waals surface area contributed by atoms with Crippen LogP contribution in [-0.2, 0) is 4.74 Å². The van der Waals surface area contributed by atoms with Crippen molar-refractivity contribution in [3.63, 3.8) is 0 Å². The molecule has 2 aromatic rings. The number of nitrogens with zero attached hydrogens (tertiary/aromatic N) is 3. The number of ether oxygens (including phenoxy) is 1. The van der Waals surface area contributed by atoms with Gasteiger partial charge < -0.3 is 20.7 Å². The van der Waals surface area contributed by atoms with Gasteiger partial charge in [0.15, 0.2) is 5.84 Å². The predicted molar refractivity (Wildman–Crippen MR) is 112 cm³/mol. The van der Waals surface area contributed by atoms with E-state index in [2.05, 4.69) is 20.7 Å². The highest BCUT2D eigenvalue weighted by Crippen LogP contribution is 2.27. The molecule has 29 heavy (non-hydrogen) atoms. The van der Waals surface area contributed by atoms with Crippen molar-refractivity contribution in [3.8, 4) is 6.07 Å². The van der Waals surface area contributed by atoms with Crippen LogP contribution in [0.5, 0.6) is 0 Å². The lowest BCUT2D eigenvalue weighted by molar-refractivity contribution is 0.102. The van der Waals surface area contributed by atoms with E-state index in [1.165, 1.54) is 0 Å². The minimum Gasteiger partial charge on any atom is -0.382 e. The third-order valence-electron chi connectivity index (χ3n) is 4.32. The number of nitrogens with two attached hydrogens (primary N) is 1. The topological polar surface area (TPSA) is 140 Å². The first-order valence-corrected chi connectivity index (χ1v) is 9.00. The predicted octanol–water partition coefficient (Wildman–Crippen LogP) is 2.00. The molecule has 0 saturated carbocycles. The van der Waals surface area contributed by atoms with E-state index < -0.39 is 5.84 Å². The summed E-state index contributed by atoms with van der Waals surface area (Å²) in [6.45, 7) is 2.79. The van der Waals surface area contributed by atoms with Gasteiger partial charge in [-0.05, 0) is 24.3 Å². The van der Waals surface area contributed by atoms with Gasteiger partial charge >= 0.3 is 0 Å². The van der Waals surface area contributed by atoms with Crippen molar-refractivity contribution in [2.45, 2.75) is 0 Å². The molecular weight excluding hydrogens is 370 g/mol. The van der Waals surface area contributed by atoms with Crippen molar-refractivity contribution < 1.29 is 9.53 Å². The van der Waals surface area contributed by atoms with Crippen LogP contribution in [0.15, 0.2) is 53.6 Å². The lowest BCUT2D eigenvalue weighted by Crippen LogP contribution is -2.36. The fraction of sp³-hybridized carbons (Fsp3) is 0.200. The Balaban J connectivity index is 1.82. The molecule has 148 valence electrons. The summed E-state index contributed by atoms with van der Waals surface area (Å²) in [5.74, 6) is -0.785. The van der Waals surface area contributed by atoms with Crippen LogP contribution < -0.4 is 21.4 Å². The molecule has 1 amide bonds. The number of para-hydroxylation sites is 3. The number of nitrogens with one attached hydrogen (secondary N) is 3. The molecule has 0 unspecified atom stereocenters. The van der Waals surface area contributed by atoms with Gasteiger partial charge in [0.2, 0.25) is 5.71 Å². The van der Waals surface area contributed by atoms with E-state index in [1.807, 2.05) is 24.3 Å². The molecular formula is C20H21N7O2. The molecule has 9 nitrogen and oxygen atoms in total. The van der Waals surface area contributed by atoms with Crippen molar-refractivity contribution in [2.24, 2.45) is 10.8 Å². The van der Waals surface area contributed by atoms with Crippen molar-refractivity contribution in [1.82, 2.24) is 0 Å². The average Bonchev–Trinajstić information content (AvgIpc) is 2.75. The van der Waals surface area contributed by atoms with E-state index in [-0.39, 0.29) is 11.6 Å². The molecule has 1 aliphatic rings. The Bertz CT molecular complexity index is 975. The number of nitriles is 1. The van der Waals surface area contributed by atoms with Crippen LogP contribution in [-0.4, -0.2) is 43.8 Å². The number of rotatable bonds is 6. The molecule has 1 heterocycles. The number of anilines is 3. The second kappa shape index (κ2) is 9.34. The number of morpholine rings is 1. The monoisotopic (exact) mass is 391 g/mol. The van der Waals surface area contributed by atoms with Crippen LogP contribution in [0.2, 0.25) is 0 Å². The molecule has 9 heteroatoms.